The number of methoxy groups -OCH3 is 1. The highest BCUT2D eigenvalue weighted by Crippen LogP contribution is 2.27. The summed E-state index contributed by atoms with van der Waals surface area (Å²) in [5.41, 5.74) is 1.20. The minimum absolute atomic E-state index is 0.0698. The molecule has 0 unspecified atom stereocenters. The van der Waals surface area contributed by atoms with Gasteiger partial charge in [0, 0.05) is 39.4 Å². The van der Waals surface area contributed by atoms with E-state index in [-0.39, 0.29) is 17.0 Å². The van der Waals surface area contributed by atoms with Crippen LogP contribution in [0.1, 0.15) is 12.0 Å². The Hall–Kier alpha value is -1.70. The molecule has 1 aromatic heterocycles. The third kappa shape index (κ3) is 3.53. The molecule has 130 valence electrons. The summed E-state index contributed by atoms with van der Waals surface area (Å²) < 4.78 is 34.4. The van der Waals surface area contributed by atoms with Crippen LogP contribution in [0.3, 0.4) is 0 Å². The van der Waals surface area contributed by atoms with Crippen LogP contribution in [0, 0.1) is 5.92 Å². The Kier molecular flexibility index (Phi) is 5.03. The maximum Gasteiger partial charge on any atom is 0.262 e. The summed E-state index contributed by atoms with van der Waals surface area (Å²) in [4.78, 5) is 4.01. The smallest absolute Gasteiger partial charge is 0.262 e. The van der Waals surface area contributed by atoms with Gasteiger partial charge in [-0.2, -0.15) is 4.31 Å². The lowest BCUT2D eigenvalue weighted by Gasteiger charge is -2.36. The molecule has 6 nitrogen and oxygen atoms in total. The standard InChI is InChI=1S/C17H23N3O3S/c1-19-12-17(18-13-19)24(21,22)20-9-8-16(23-2)15(11-20)10-14-6-4-3-5-7-14/h3-7,12-13,15-16H,8-11H2,1-2H3/t15-,16-/m0/s1. The molecule has 0 aliphatic carbocycles. The fourth-order valence-corrected chi connectivity index (χ4v) is 4.75. The van der Waals surface area contributed by atoms with Crippen molar-refractivity contribution in [3.63, 3.8) is 0 Å². The monoisotopic (exact) mass is 349 g/mol. The second kappa shape index (κ2) is 7.04. The second-order valence-corrected chi connectivity index (χ2v) is 8.14. The molecule has 7 heteroatoms. The zero-order valence-corrected chi connectivity index (χ0v) is 14.8. The summed E-state index contributed by atoms with van der Waals surface area (Å²) in [5, 5.41) is 0.110. The van der Waals surface area contributed by atoms with E-state index in [4.69, 9.17) is 4.74 Å². The predicted octanol–water partition coefficient (Wildman–Crippen LogP) is 1.69. The van der Waals surface area contributed by atoms with E-state index >= 15 is 0 Å². The average Bonchev–Trinajstić information content (AvgIpc) is 3.03. The Morgan fingerprint density at radius 1 is 1.29 bits per heavy atom. The summed E-state index contributed by atoms with van der Waals surface area (Å²) in [5.74, 6) is 0.129. The number of imidazole rings is 1. The first-order valence-electron chi connectivity index (χ1n) is 8.05. The minimum atomic E-state index is -3.55. The van der Waals surface area contributed by atoms with Crippen LogP contribution in [0.25, 0.3) is 0 Å². The fraction of sp³-hybridized carbons (Fsp3) is 0.471. The molecule has 24 heavy (non-hydrogen) atoms. The van der Waals surface area contributed by atoms with E-state index < -0.39 is 10.0 Å². The quantitative estimate of drug-likeness (QED) is 0.824. The van der Waals surface area contributed by atoms with Gasteiger partial charge in [-0.25, -0.2) is 13.4 Å². The normalized spacial score (nSPS) is 22.6. The lowest BCUT2D eigenvalue weighted by molar-refractivity contribution is 0.0130. The van der Waals surface area contributed by atoms with E-state index in [2.05, 4.69) is 17.1 Å². The zero-order chi connectivity index (χ0) is 17.2. The summed E-state index contributed by atoms with van der Waals surface area (Å²) in [6.45, 7) is 0.912. The molecule has 1 aromatic carbocycles. The first-order chi connectivity index (χ1) is 11.5. The highest BCUT2D eigenvalue weighted by molar-refractivity contribution is 7.89. The molecule has 0 bridgehead atoms. The lowest BCUT2D eigenvalue weighted by Crippen LogP contribution is -2.47. The number of nitrogens with zero attached hydrogens (tertiary/aromatic N) is 3. The van der Waals surface area contributed by atoms with Crippen molar-refractivity contribution in [2.75, 3.05) is 20.2 Å². The number of hydrogen-bond acceptors (Lipinski definition) is 4. The first-order valence-corrected chi connectivity index (χ1v) is 9.49. The van der Waals surface area contributed by atoms with Crippen LogP contribution in [-0.2, 0) is 28.2 Å². The van der Waals surface area contributed by atoms with Gasteiger partial charge in [-0.15, -0.1) is 0 Å². The van der Waals surface area contributed by atoms with Crippen molar-refractivity contribution in [3.8, 4) is 0 Å². The van der Waals surface area contributed by atoms with E-state index in [0.717, 1.165) is 6.42 Å². The topological polar surface area (TPSA) is 64.4 Å². The number of hydrogen-bond donors (Lipinski definition) is 0. The Bertz CT molecular complexity index is 773. The minimum Gasteiger partial charge on any atom is -0.381 e. The molecule has 1 aliphatic rings. The average molecular weight is 349 g/mol. The van der Waals surface area contributed by atoms with Crippen molar-refractivity contribution >= 4 is 10.0 Å². The molecule has 1 fully saturated rings. The van der Waals surface area contributed by atoms with Crippen LogP contribution >= 0.6 is 0 Å². The molecule has 0 saturated carbocycles. The van der Waals surface area contributed by atoms with Gasteiger partial charge in [-0.3, -0.25) is 0 Å². The summed E-state index contributed by atoms with van der Waals surface area (Å²) in [7, 11) is -0.0870. The molecule has 0 amide bonds. The molecule has 3 rings (SSSR count). The van der Waals surface area contributed by atoms with Gasteiger partial charge in [0.1, 0.15) is 0 Å². The van der Waals surface area contributed by atoms with Crippen LogP contribution in [0.5, 0.6) is 0 Å². The molecule has 2 aromatic rings. The number of piperidine rings is 1. The summed E-state index contributed by atoms with van der Waals surface area (Å²) in [6, 6.07) is 10.1. The maximum atomic E-state index is 12.8. The summed E-state index contributed by atoms with van der Waals surface area (Å²) >= 11 is 0. The fourth-order valence-electron chi connectivity index (χ4n) is 3.27. The first kappa shape index (κ1) is 17.1. The third-order valence-electron chi connectivity index (χ3n) is 4.56. The van der Waals surface area contributed by atoms with Gasteiger partial charge in [-0.1, -0.05) is 30.3 Å². The van der Waals surface area contributed by atoms with Crippen LogP contribution in [-0.4, -0.2) is 48.6 Å². The largest absolute Gasteiger partial charge is 0.381 e. The van der Waals surface area contributed by atoms with Gasteiger partial charge in [0.15, 0.2) is 5.03 Å². The second-order valence-electron chi connectivity index (χ2n) is 6.25. The molecule has 1 saturated heterocycles. The van der Waals surface area contributed by atoms with Gasteiger partial charge in [0.2, 0.25) is 0 Å². The molecule has 0 radical (unpaired) electrons. The Balaban J connectivity index is 1.79. The predicted molar refractivity (Wildman–Crippen MR) is 91.0 cm³/mol. The lowest BCUT2D eigenvalue weighted by atomic mass is 9.89. The van der Waals surface area contributed by atoms with Crippen LogP contribution < -0.4 is 0 Å². The van der Waals surface area contributed by atoms with E-state index in [1.165, 1.54) is 11.9 Å². The number of ether oxygens (including phenoxy) is 1. The Morgan fingerprint density at radius 2 is 2.04 bits per heavy atom. The zero-order valence-electron chi connectivity index (χ0n) is 14.0. The Morgan fingerprint density at radius 3 is 2.67 bits per heavy atom. The summed E-state index contributed by atoms with van der Waals surface area (Å²) in [6.07, 6.45) is 4.62. The number of benzene rings is 1. The van der Waals surface area contributed by atoms with Crippen LogP contribution in [0.4, 0.5) is 0 Å². The molecule has 2 atom stereocenters. The number of sulfonamides is 1. The van der Waals surface area contributed by atoms with Gasteiger partial charge in [0.25, 0.3) is 10.0 Å². The van der Waals surface area contributed by atoms with Gasteiger partial charge in [-0.05, 0) is 18.4 Å². The van der Waals surface area contributed by atoms with E-state index in [0.29, 0.717) is 19.5 Å². The third-order valence-corrected chi connectivity index (χ3v) is 6.31. The van der Waals surface area contributed by atoms with Crippen LogP contribution in [0.15, 0.2) is 47.9 Å². The maximum absolute atomic E-state index is 12.8. The SMILES string of the molecule is CO[C@H]1CCN(S(=O)(=O)c2cn(C)cn2)C[C@@H]1Cc1ccccc1. The van der Waals surface area contributed by atoms with E-state index in [9.17, 15) is 8.42 Å². The van der Waals surface area contributed by atoms with Crippen molar-refractivity contribution in [1.82, 2.24) is 13.9 Å². The number of rotatable bonds is 5. The molecule has 0 N–H and O–H groups in total. The van der Waals surface area contributed by atoms with Crippen LogP contribution in [0.2, 0.25) is 0 Å². The number of aromatic nitrogens is 2. The Labute approximate surface area is 143 Å². The van der Waals surface area contributed by atoms with Gasteiger partial charge >= 0.3 is 0 Å². The van der Waals surface area contributed by atoms with Gasteiger partial charge < -0.3 is 9.30 Å². The van der Waals surface area contributed by atoms with Crippen molar-refractivity contribution < 1.29 is 13.2 Å². The highest BCUT2D eigenvalue weighted by Gasteiger charge is 2.36. The highest BCUT2D eigenvalue weighted by atomic mass is 32.2. The molecule has 2 heterocycles. The van der Waals surface area contributed by atoms with Crippen molar-refractivity contribution in [3.05, 3.63) is 48.4 Å². The molecule has 1 aliphatic heterocycles. The van der Waals surface area contributed by atoms with E-state index in [1.54, 1.807) is 29.2 Å². The molecular weight excluding hydrogens is 326 g/mol. The van der Waals surface area contributed by atoms with Gasteiger partial charge in [0.05, 0.1) is 12.4 Å². The molecular formula is C17H23N3O3S. The van der Waals surface area contributed by atoms with Crippen molar-refractivity contribution in [2.45, 2.75) is 24.0 Å². The number of aryl methyl sites for hydroxylation is 1. The van der Waals surface area contributed by atoms with E-state index in [1.807, 2.05) is 18.2 Å². The van der Waals surface area contributed by atoms with Crippen molar-refractivity contribution in [2.24, 2.45) is 13.0 Å². The molecule has 0 spiro atoms. The van der Waals surface area contributed by atoms with Crippen molar-refractivity contribution in [1.29, 1.82) is 0 Å².